The molecule has 0 aromatic carbocycles. The van der Waals surface area contributed by atoms with Crippen molar-refractivity contribution in [3.63, 3.8) is 0 Å². The molecule has 8 nitrogen and oxygen atoms in total. The summed E-state index contributed by atoms with van der Waals surface area (Å²) in [6.07, 6.45) is -0.00342. The van der Waals surface area contributed by atoms with Crippen LogP contribution in [0.2, 0.25) is 0 Å². The van der Waals surface area contributed by atoms with Crippen molar-refractivity contribution in [2.75, 3.05) is 24.5 Å². The minimum atomic E-state index is -4.39. The lowest BCUT2D eigenvalue weighted by atomic mass is 10.1. The van der Waals surface area contributed by atoms with Gasteiger partial charge in [-0.05, 0) is 25.1 Å². The van der Waals surface area contributed by atoms with Gasteiger partial charge < -0.3 is 15.6 Å². The number of nitrogens with one attached hydrogen (secondary N) is 2. The van der Waals surface area contributed by atoms with Gasteiger partial charge in [0.05, 0.1) is 11.3 Å². The van der Waals surface area contributed by atoms with E-state index in [0.717, 1.165) is 35.6 Å². The lowest BCUT2D eigenvalue weighted by Gasteiger charge is -2.40. The van der Waals surface area contributed by atoms with E-state index in [1.165, 1.54) is 6.07 Å². The first-order valence-corrected chi connectivity index (χ1v) is 9.76. The van der Waals surface area contributed by atoms with Crippen molar-refractivity contribution in [1.82, 2.24) is 25.1 Å². The fourth-order valence-corrected chi connectivity index (χ4v) is 3.84. The zero-order valence-corrected chi connectivity index (χ0v) is 16.8. The van der Waals surface area contributed by atoms with Crippen molar-refractivity contribution in [2.24, 2.45) is 5.73 Å². The van der Waals surface area contributed by atoms with E-state index in [-0.39, 0.29) is 6.04 Å². The summed E-state index contributed by atoms with van der Waals surface area (Å²) >= 11 is 0. The molecule has 0 aliphatic carbocycles. The number of halogens is 3. The molecule has 0 unspecified atom stereocenters. The van der Waals surface area contributed by atoms with Crippen molar-refractivity contribution < 1.29 is 18.0 Å². The van der Waals surface area contributed by atoms with E-state index >= 15 is 0 Å². The van der Waals surface area contributed by atoms with Crippen LogP contribution >= 0.6 is 0 Å². The highest BCUT2D eigenvalue weighted by Crippen LogP contribution is 2.30. The maximum absolute atomic E-state index is 12.8. The van der Waals surface area contributed by atoms with Gasteiger partial charge in [0.15, 0.2) is 0 Å². The molecule has 11 heteroatoms. The summed E-state index contributed by atoms with van der Waals surface area (Å²) in [5.41, 5.74) is 7.35. The Kier molecular flexibility index (Phi) is 5.44. The number of alkyl halides is 3. The van der Waals surface area contributed by atoms with Crippen LogP contribution in [0.25, 0.3) is 11.3 Å². The summed E-state index contributed by atoms with van der Waals surface area (Å²) in [4.78, 5) is 22.5. The molecule has 0 radical (unpaired) electrons. The van der Waals surface area contributed by atoms with E-state index in [4.69, 9.17) is 5.73 Å². The fourth-order valence-electron chi connectivity index (χ4n) is 3.84. The zero-order chi connectivity index (χ0) is 22.2. The lowest BCUT2D eigenvalue weighted by molar-refractivity contribution is -0.137. The number of rotatable bonds is 5. The number of anilines is 1. The third kappa shape index (κ3) is 4.41. The molecule has 0 spiro atoms. The zero-order valence-electron chi connectivity index (χ0n) is 16.8. The van der Waals surface area contributed by atoms with Gasteiger partial charge in [0.1, 0.15) is 11.5 Å². The summed E-state index contributed by atoms with van der Waals surface area (Å²) in [6.45, 7) is 4.74. The highest BCUT2D eigenvalue weighted by Gasteiger charge is 2.32. The Hall–Kier alpha value is -3.34. The Balaban J connectivity index is 1.42. The standard InChI is InChI=1S/C20H22F3N7O/c1-12-10-29(4-5-30(12)17-3-2-15(9-26-17)20(21,22)23)11-14-8-27-28-18(14)13-6-16(19(24)31)25-7-13/h2-3,6-9,12,25H,4-5,10-11H2,1H3,(H2,24,31)(H,27,28)/t12-/m1/s1. The number of aromatic nitrogens is 4. The normalized spacial score (nSPS) is 17.8. The summed E-state index contributed by atoms with van der Waals surface area (Å²) in [5, 5.41) is 7.17. The van der Waals surface area contributed by atoms with Crippen molar-refractivity contribution >= 4 is 11.7 Å². The molecule has 0 saturated carbocycles. The van der Waals surface area contributed by atoms with E-state index in [1.54, 1.807) is 12.3 Å². The van der Waals surface area contributed by atoms with Crippen LogP contribution in [0.3, 0.4) is 0 Å². The monoisotopic (exact) mass is 433 g/mol. The second-order valence-electron chi connectivity index (χ2n) is 7.61. The molecule has 1 atom stereocenters. The Bertz CT molecular complexity index is 1060. The Morgan fingerprint density at radius 1 is 1.29 bits per heavy atom. The SMILES string of the molecule is C[C@@H]1CN(Cc2c[nH]nc2-c2c[nH]c(C(N)=O)c2)CCN1c1ccc(C(F)(F)F)cn1. The van der Waals surface area contributed by atoms with Gasteiger partial charge in [0.25, 0.3) is 5.91 Å². The molecule has 4 heterocycles. The molecule has 4 N–H and O–H groups in total. The maximum Gasteiger partial charge on any atom is 0.417 e. The number of carbonyl (C=O) groups is 1. The van der Waals surface area contributed by atoms with Gasteiger partial charge in [-0.3, -0.25) is 14.8 Å². The molecule has 1 fully saturated rings. The van der Waals surface area contributed by atoms with Crippen LogP contribution in [0, 0.1) is 0 Å². The second kappa shape index (κ2) is 8.06. The average Bonchev–Trinajstić information content (AvgIpc) is 3.37. The molecule has 4 rings (SSSR count). The average molecular weight is 433 g/mol. The Morgan fingerprint density at radius 3 is 2.71 bits per heavy atom. The van der Waals surface area contributed by atoms with Crippen LogP contribution < -0.4 is 10.6 Å². The summed E-state index contributed by atoms with van der Waals surface area (Å²) in [6, 6.07) is 4.22. The van der Waals surface area contributed by atoms with Gasteiger partial charge in [-0.1, -0.05) is 0 Å². The van der Waals surface area contributed by atoms with Gasteiger partial charge in [-0.2, -0.15) is 18.3 Å². The molecular formula is C20H22F3N7O. The third-order valence-corrected chi connectivity index (χ3v) is 5.42. The molecule has 1 saturated heterocycles. The van der Waals surface area contributed by atoms with E-state index in [9.17, 15) is 18.0 Å². The summed E-state index contributed by atoms with van der Waals surface area (Å²) in [5.74, 6) is 0.000567. The number of hydrogen-bond acceptors (Lipinski definition) is 5. The fraction of sp³-hybridized carbons (Fsp3) is 0.350. The van der Waals surface area contributed by atoms with Crippen molar-refractivity contribution in [1.29, 1.82) is 0 Å². The van der Waals surface area contributed by atoms with Crippen molar-refractivity contribution in [2.45, 2.75) is 25.7 Å². The molecule has 1 aliphatic rings. The van der Waals surface area contributed by atoms with Crippen LogP contribution in [0.1, 0.15) is 28.5 Å². The van der Waals surface area contributed by atoms with Crippen molar-refractivity contribution in [3.8, 4) is 11.3 Å². The molecule has 3 aromatic rings. The number of amides is 1. The quantitative estimate of drug-likeness (QED) is 0.574. The van der Waals surface area contributed by atoms with E-state index in [1.807, 2.05) is 18.0 Å². The lowest BCUT2D eigenvalue weighted by Crippen LogP contribution is -2.51. The smallest absolute Gasteiger partial charge is 0.364 e. The number of nitrogens with two attached hydrogens (primary N) is 1. The van der Waals surface area contributed by atoms with Gasteiger partial charge >= 0.3 is 6.18 Å². The minimum Gasteiger partial charge on any atom is -0.364 e. The van der Waals surface area contributed by atoms with Gasteiger partial charge in [-0.15, -0.1) is 0 Å². The van der Waals surface area contributed by atoms with Crippen LogP contribution in [0.5, 0.6) is 0 Å². The molecule has 3 aromatic heterocycles. The highest BCUT2D eigenvalue weighted by atomic mass is 19.4. The van der Waals surface area contributed by atoms with E-state index in [0.29, 0.717) is 31.1 Å². The first-order chi connectivity index (χ1) is 14.7. The van der Waals surface area contributed by atoms with Gasteiger partial charge in [-0.25, -0.2) is 4.98 Å². The van der Waals surface area contributed by atoms with Crippen molar-refractivity contribution in [3.05, 3.63) is 53.6 Å². The third-order valence-electron chi connectivity index (χ3n) is 5.42. The predicted molar refractivity (Wildman–Crippen MR) is 108 cm³/mol. The van der Waals surface area contributed by atoms with Crippen LogP contribution in [-0.2, 0) is 12.7 Å². The number of pyridine rings is 1. The number of aromatic amines is 2. The number of piperazine rings is 1. The van der Waals surface area contributed by atoms with E-state index < -0.39 is 17.6 Å². The first-order valence-electron chi connectivity index (χ1n) is 9.76. The number of primary amides is 1. The number of carbonyl (C=O) groups excluding carboxylic acids is 1. The topological polar surface area (TPSA) is 107 Å². The van der Waals surface area contributed by atoms with Gasteiger partial charge in [0, 0.05) is 61.9 Å². The highest BCUT2D eigenvalue weighted by molar-refractivity contribution is 5.92. The van der Waals surface area contributed by atoms with Crippen LogP contribution in [0.4, 0.5) is 19.0 Å². The molecule has 1 amide bonds. The molecule has 164 valence electrons. The van der Waals surface area contributed by atoms with Crippen LogP contribution in [-0.4, -0.2) is 56.6 Å². The molecule has 1 aliphatic heterocycles. The molecular weight excluding hydrogens is 411 g/mol. The minimum absolute atomic E-state index is 0.0714. The Labute approximate surface area is 176 Å². The number of hydrogen-bond donors (Lipinski definition) is 3. The molecule has 0 bridgehead atoms. The molecule has 31 heavy (non-hydrogen) atoms. The summed E-state index contributed by atoms with van der Waals surface area (Å²) < 4.78 is 38.3. The largest absolute Gasteiger partial charge is 0.417 e. The van der Waals surface area contributed by atoms with E-state index in [2.05, 4.69) is 25.1 Å². The predicted octanol–water partition coefficient (Wildman–Crippen LogP) is 2.63. The summed E-state index contributed by atoms with van der Waals surface area (Å²) in [7, 11) is 0. The second-order valence-corrected chi connectivity index (χ2v) is 7.61. The number of H-pyrrole nitrogens is 2. The number of nitrogens with zero attached hydrogens (tertiary/aromatic N) is 4. The first kappa shape index (κ1) is 20.9. The Morgan fingerprint density at radius 2 is 2.10 bits per heavy atom. The maximum atomic E-state index is 12.8. The van der Waals surface area contributed by atoms with Crippen LogP contribution in [0.15, 0.2) is 36.8 Å². The van der Waals surface area contributed by atoms with Gasteiger partial charge in [0.2, 0.25) is 0 Å².